The summed E-state index contributed by atoms with van der Waals surface area (Å²) in [6.07, 6.45) is 0. The van der Waals surface area contributed by atoms with Crippen LogP contribution in [0.3, 0.4) is 0 Å². The van der Waals surface area contributed by atoms with Gasteiger partial charge in [-0.2, -0.15) is 0 Å². The first-order valence-corrected chi connectivity index (χ1v) is 4.65. The second-order valence-corrected chi connectivity index (χ2v) is 3.42. The monoisotopic (exact) mass is 237 g/mol. The third-order valence-electron chi connectivity index (χ3n) is 2.40. The lowest BCUT2D eigenvalue weighted by Crippen LogP contribution is -2.20. The SMILES string of the molecule is Cl.NC(C(=O)O)c1ccc2ccccc2c1. The smallest absolute Gasteiger partial charge is 0.325 e. The fourth-order valence-corrected chi connectivity index (χ4v) is 1.54. The lowest BCUT2D eigenvalue weighted by molar-refractivity contribution is -0.138. The highest BCUT2D eigenvalue weighted by molar-refractivity contribution is 5.85. The molecule has 2 rings (SSSR count). The van der Waals surface area contributed by atoms with Crippen LogP contribution in [0, 0.1) is 0 Å². The summed E-state index contributed by atoms with van der Waals surface area (Å²) in [5, 5.41) is 10.9. The van der Waals surface area contributed by atoms with Crippen LogP contribution in [0.2, 0.25) is 0 Å². The van der Waals surface area contributed by atoms with Crippen molar-refractivity contribution >= 4 is 29.1 Å². The van der Waals surface area contributed by atoms with Crippen LogP contribution in [-0.2, 0) is 4.79 Å². The van der Waals surface area contributed by atoms with E-state index in [0.717, 1.165) is 10.8 Å². The number of carboxylic acids is 1. The van der Waals surface area contributed by atoms with E-state index in [0.29, 0.717) is 5.56 Å². The van der Waals surface area contributed by atoms with Crippen LogP contribution in [0.4, 0.5) is 0 Å². The lowest BCUT2D eigenvalue weighted by Gasteiger charge is -2.07. The highest BCUT2D eigenvalue weighted by Gasteiger charge is 2.13. The molecule has 0 aliphatic rings. The minimum absolute atomic E-state index is 0. The van der Waals surface area contributed by atoms with Crippen molar-refractivity contribution in [3.05, 3.63) is 48.0 Å². The molecule has 0 aliphatic carbocycles. The first kappa shape index (κ1) is 12.5. The molecule has 3 N–H and O–H groups in total. The van der Waals surface area contributed by atoms with Crippen molar-refractivity contribution in [3.8, 4) is 0 Å². The average Bonchev–Trinajstić information content (AvgIpc) is 2.27. The van der Waals surface area contributed by atoms with Crippen molar-refractivity contribution < 1.29 is 9.90 Å². The first-order chi connectivity index (χ1) is 7.18. The summed E-state index contributed by atoms with van der Waals surface area (Å²) in [4.78, 5) is 10.7. The van der Waals surface area contributed by atoms with E-state index in [1.165, 1.54) is 0 Å². The summed E-state index contributed by atoms with van der Waals surface area (Å²) >= 11 is 0. The predicted molar refractivity (Wildman–Crippen MR) is 65.8 cm³/mol. The minimum atomic E-state index is -1.01. The van der Waals surface area contributed by atoms with Gasteiger partial charge in [0, 0.05) is 0 Å². The normalized spacial score (nSPS) is 11.8. The van der Waals surface area contributed by atoms with Gasteiger partial charge < -0.3 is 10.8 Å². The van der Waals surface area contributed by atoms with Crippen molar-refractivity contribution in [1.82, 2.24) is 0 Å². The maximum Gasteiger partial charge on any atom is 0.325 e. The fraction of sp³-hybridized carbons (Fsp3) is 0.0833. The van der Waals surface area contributed by atoms with E-state index in [4.69, 9.17) is 10.8 Å². The number of fused-ring (bicyclic) bond motifs is 1. The summed E-state index contributed by atoms with van der Waals surface area (Å²) in [6.45, 7) is 0. The number of hydrogen-bond donors (Lipinski definition) is 2. The highest BCUT2D eigenvalue weighted by Crippen LogP contribution is 2.19. The Hall–Kier alpha value is -1.58. The molecule has 16 heavy (non-hydrogen) atoms. The van der Waals surface area contributed by atoms with Crippen LogP contribution in [0.1, 0.15) is 11.6 Å². The fourth-order valence-electron chi connectivity index (χ4n) is 1.54. The molecular formula is C12H12ClNO2. The largest absolute Gasteiger partial charge is 0.480 e. The quantitative estimate of drug-likeness (QED) is 0.843. The van der Waals surface area contributed by atoms with Crippen LogP contribution < -0.4 is 5.73 Å². The van der Waals surface area contributed by atoms with E-state index in [2.05, 4.69) is 0 Å². The van der Waals surface area contributed by atoms with E-state index in [9.17, 15) is 4.79 Å². The van der Waals surface area contributed by atoms with E-state index >= 15 is 0 Å². The Labute approximate surface area is 99.3 Å². The molecule has 3 nitrogen and oxygen atoms in total. The first-order valence-electron chi connectivity index (χ1n) is 4.65. The molecule has 0 saturated carbocycles. The number of hydrogen-bond acceptors (Lipinski definition) is 2. The van der Waals surface area contributed by atoms with Crippen LogP contribution in [0.25, 0.3) is 10.8 Å². The second kappa shape index (κ2) is 4.96. The Morgan fingerprint density at radius 3 is 2.38 bits per heavy atom. The lowest BCUT2D eigenvalue weighted by atomic mass is 10.0. The number of carboxylic acid groups (broad SMARTS) is 1. The zero-order valence-corrected chi connectivity index (χ0v) is 9.28. The average molecular weight is 238 g/mol. The predicted octanol–water partition coefficient (Wildman–Crippen LogP) is 2.35. The molecule has 0 radical (unpaired) electrons. The third-order valence-corrected chi connectivity index (χ3v) is 2.40. The molecule has 0 aliphatic heterocycles. The van der Waals surface area contributed by atoms with Gasteiger partial charge in [-0.25, -0.2) is 0 Å². The summed E-state index contributed by atoms with van der Waals surface area (Å²) in [5.74, 6) is -1.01. The Morgan fingerprint density at radius 1 is 1.12 bits per heavy atom. The van der Waals surface area contributed by atoms with Gasteiger partial charge in [0.2, 0.25) is 0 Å². The van der Waals surface area contributed by atoms with Crippen LogP contribution in [-0.4, -0.2) is 11.1 Å². The van der Waals surface area contributed by atoms with Crippen molar-refractivity contribution in [2.24, 2.45) is 5.73 Å². The van der Waals surface area contributed by atoms with Crippen LogP contribution >= 0.6 is 12.4 Å². The van der Waals surface area contributed by atoms with Gasteiger partial charge in [0.15, 0.2) is 0 Å². The minimum Gasteiger partial charge on any atom is -0.480 e. The van der Waals surface area contributed by atoms with Gasteiger partial charge in [0.1, 0.15) is 6.04 Å². The third kappa shape index (κ3) is 2.32. The van der Waals surface area contributed by atoms with E-state index < -0.39 is 12.0 Å². The maximum absolute atomic E-state index is 10.7. The summed E-state index contributed by atoms with van der Waals surface area (Å²) in [6, 6.07) is 12.3. The van der Waals surface area contributed by atoms with E-state index in [1.54, 1.807) is 6.07 Å². The molecule has 0 aromatic heterocycles. The number of halogens is 1. The molecule has 4 heteroatoms. The van der Waals surface area contributed by atoms with Gasteiger partial charge in [-0.05, 0) is 22.4 Å². The zero-order chi connectivity index (χ0) is 10.8. The zero-order valence-electron chi connectivity index (χ0n) is 8.46. The molecule has 0 spiro atoms. The number of aliphatic carboxylic acids is 1. The molecule has 84 valence electrons. The van der Waals surface area contributed by atoms with Gasteiger partial charge in [-0.3, -0.25) is 4.79 Å². The van der Waals surface area contributed by atoms with E-state index in [-0.39, 0.29) is 12.4 Å². The second-order valence-electron chi connectivity index (χ2n) is 3.42. The molecule has 1 atom stereocenters. The topological polar surface area (TPSA) is 63.3 Å². The Balaban J connectivity index is 0.00000128. The van der Waals surface area contributed by atoms with Gasteiger partial charge in [0.25, 0.3) is 0 Å². The summed E-state index contributed by atoms with van der Waals surface area (Å²) in [5.41, 5.74) is 6.16. The van der Waals surface area contributed by atoms with Gasteiger partial charge in [-0.15, -0.1) is 12.4 Å². The van der Waals surface area contributed by atoms with Crippen LogP contribution in [0.15, 0.2) is 42.5 Å². The Bertz CT molecular complexity index is 513. The summed E-state index contributed by atoms with van der Waals surface area (Å²) < 4.78 is 0. The molecule has 2 aromatic rings. The Kier molecular flexibility index (Phi) is 3.88. The number of benzene rings is 2. The number of nitrogens with two attached hydrogens (primary N) is 1. The van der Waals surface area contributed by atoms with Crippen molar-refractivity contribution in [1.29, 1.82) is 0 Å². The molecule has 0 amide bonds. The molecule has 0 bridgehead atoms. The number of carbonyl (C=O) groups is 1. The highest BCUT2D eigenvalue weighted by atomic mass is 35.5. The van der Waals surface area contributed by atoms with E-state index in [1.807, 2.05) is 36.4 Å². The van der Waals surface area contributed by atoms with Crippen molar-refractivity contribution in [3.63, 3.8) is 0 Å². The molecule has 1 unspecified atom stereocenters. The van der Waals surface area contributed by atoms with Gasteiger partial charge in [-0.1, -0.05) is 36.4 Å². The molecular weight excluding hydrogens is 226 g/mol. The molecule has 0 saturated heterocycles. The van der Waals surface area contributed by atoms with Gasteiger partial charge in [0.05, 0.1) is 0 Å². The van der Waals surface area contributed by atoms with Crippen molar-refractivity contribution in [2.45, 2.75) is 6.04 Å². The van der Waals surface area contributed by atoms with Crippen molar-refractivity contribution in [2.75, 3.05) is 0 Å². The molecule has 0 fully saturated rings. The standard InChI is InChI=1S/C12H11NO2.ClH/c13-11(12(14)15)10-6-5-8-3-1-2-4-9(8)7-10;/h1-7,11H,13H2,(H,14,15);1H. The van der Waals surface area contributed by atoms with Gasteiger partial charge >= 0.3 is 5.97 Å². The molecule has 0 heterocycles. The number of rotatable bonds is 2. The summed E-state index contributed by atoms with van der Waals surface area (Å²) in [7, 11) is 0. The maximum atomic E-state index is 10.7. The Morgan fingerprint density at radius 2 is 1.75 bits per heavy atom. The molecule has 2 aromatic carbocycles. The van der Waals surface area contributed by atoms with Crippen LogP contribution in [0.5, 0.6) is 0 Å².